The Morgan fingerprint density at radius 2 is 1.67 bits per heavy atom. The topological polar surface area (TPSA) is 110 Å². The van der Waals surface area contributed by atoms with Gasteiger partial charge >= 0.3 is 5.97 Å². The van der Waals surface area contributed by atoms with Gasteiger partial charge in [-0.05, 0) is 49.6 Å². The smallest absolute Gasteiger partial charge is 0.339 e. The highest BCUT2D eigenvalue weighted by molar-refractivity contribution is 6.21. The number of rotatable bonds is 8. The molecule has 7 heteroatoms. The maximum atomic E-state index is 12.3. The zero-order valence-electron chi connectivity index (χ0n) is 14.7. The van der Waals surface area contributed by atoms with Gasteiger partial charge in [-0.3, -0.25) is 14.5 Å². The van der Waals surface area contributed by atoms with E-state index in [0.29, 0.717) is 42.8 Å². The van der Waals surface area contributed by atoms with Crippen molar-refractivity contribution in [3.63, 3.8) is 0 Å². The minimum absolute atomic E-state index is 0.0287. The molecule has 0 radical (unpaired) electrons. The number of hydrogen-bond acceptors (Lipinski definition) is 5. The highest BCUT2D eigenvalue weighted by Gasteiger charge is 2.34. The third kappa shape index (κ3) is 3.92. The SMILES string of the molecule is Nc1ccc(OCCCCCN2C(=O)c3ccccc3C2=O)c(C(=O)O)c1. The van der Waals surface area contributed by atoms with Crippen LogP contribution in [-0.4, -0.2) is 40.9 Å². The van der Waals surface area contributed by atoms with Crippen LogP contribution >= 0.6 is 0 Å². The van der Waals surface area contributed by atoms with E-state index in [2.05, 4.69) is 0 Å². The number of anilines is 1. The van der Waals surface area contributed by atoms with E-state index in [9.17, 15) is 19.5 Å². The molecule has 0 aliphatic carbocycles. The summed E-state index contributed by atoms with van der Waals surface area (Å²) in [6.07, 6.45) is 2.07. The van der Waals surface area contributed by atoms with Crippen molar-refractivity contribution in [1.29, 1.82) is 0 Å². The molecule has 2 amide bonds. The van der Waals surface area contributed by atoms with Crippen molar-refractivity contribution >= 4 is 23.5 Å². The maximum Gasteiger partial charge on any atom is 0.339 e. The van der Waals surface area contributed by atoms with E-state index in [4.69, 9.17) is 10.5 Å². The number of benzene rings is 2. The standard InChI is InChI=1S/C20H20N2O5/c21-13-8-9-17(16(12-13)20(25)26)27-11-5-1-4-10-22-18(23)14-6-2-3-7-15(14)19(22)24/h2-3,6-9,12H,1,4-5,10-11,21H2,(H,25,26). The van der Waals surface area contributed by atoms with E-state index in [0.717, 1.165) is 6.42 Å². The number of ether oxygens (including phenoxy) is 1. The van der Waals surface area contributed by atoms with E-state index in [1.807, 2.05) is 0 Å². The molecule has 1 heterocycles. The molecule has 0 fully saturated rings. The molecule has 0 atom stereocenters. The summed E-state index contributed by atoms with van der Waals surface area (Å²) in [5, 5.41) is 9.17. The third-order valence-corrected chi connectivity index (χ3v) is 4.40. The molecule has 0 saturated carbocycles. The molecule has 0 aromatic heterocycles. The summed E-state index contributed by atoms with van der Waals surface area (Å²) >= 11 is 0. The number of fused-ring (bicyclic) bond motifs is 1. The molecule has 0 spiro atoms. The number of unbranched alkanes of at least 4 members (excludes halogenated alkanes) is 2. The summed E-state index contributed by atoms with van der Waals surface area (Å²) in [5.41, 5.74) is 6.89. The molecule has 0 saturated heterocycles. The van der Waals surface area contributed by atoms with Crippen LogP contribution in [0.1, 0.15) is 50.3 Å². The first kappa shape index (κ1) is 18.4. The number of carbonyl (C=O) groups excluding carboxylic acids is 2. The predicted octanol–water partition coefficient (Wildman–Crippen LogP) is 2.81. The van der Waals surface area contributed by atoms with E-state index >= 15 is 0 Å². The third-order valence-electron chi connectivity index (χ3n) is 4.40. The fourth-order valence-corrected chi connectivity index (χ4v) is 3.01. The van der Waals surface area contributed by atoms with Gasteiger partial charge in [-0.15, -0.1) is 0 Å². The maximum absolute atomic E-state index is 12.3. The zero-order chi connectivity index (χ0) is 19.4. The van der Waals surface area contributed by atoms with Crippen LogP contribution in [0.5, 0.6) is 5.75 Å². The molecule has 0 bridgehead atoms. The van der Waals surface area contributed by atoms with Crippen LogP contribution in [0.2, 0.25) is 0 Å². The van der Waals surface area contributed by atoms with Crippen molar-refractivity contribution in [2.75, 3.05) is 18.9 Å². The van der Waals surface area contributed by atoms with Gasteiger partial charge in [-0.2, -0.15) is 0 Å². The molecule has 2 aromatic rings. The number of nitrogens with two attached hydrogens (primary N) is 1. The summed E-state index contributed by atoms with van der Waals surface area (Å²) < 4.78 is 5.53. The Hall–Kier alpha value is -3.35. The number of nitrogens with zero attached hydrogens (tertiary/aromatic N) is 1. The number of carboxylic acids is 1. The first-order chi connectivity index (χ1) is 13.0. The summed E-state index contributed by atoms with van der Waals surface area (Å²) in [4.78, 5) is 37.0. The molecule has 1 aliphatic heterocycles. The Morgan fingerprint density at radius 3 is 2.30 bits per heavy atom. The second kappa shape index (κ2) is 7.90. The van der Waals surface area contributed by atoms with Gasteiger partial charge in [0.25, 0.3) is 11.8 Å². The quantitative estimate of drug-likeness (QED) is 0.421. The van der Waals surface area contributed by atoms with E-state index in [-0.39, 0.29) is 23.1 Å². The predicted molar refractivity (Wildman–Crippen MR) is 99.0 cm³/mol. The summed E-state index contributed by atoms with van der Waals surface area (Å²) in [6, 6.07) is 11.3. The van der Waals surface area contributed by atoms with Crippen molar-refractivity contribution < 1.29 is 24.2 Å². The second-order valence-corrected chi connectivity index (χ2v) is 6.28. The lowest BCUT2D eigenvalue weighted by Crippen LogP contribution is -2.30. The minimum Gasteiger partial charge on any atom is -0.493 e. The Bertz CT molecular complexity index is 859. The normalized spacial score (nSPS) is 13.0. The van der Waals surface area contributed by atoms with Crippen LogP contribution in [0.15, 0.2) is 42.5 Å². The molecule has 27 heavy (non-hydrogen) atoms. The monoisotopic (exact) mass is 368 g/mol. The van der Waals surface area contributed by atoms with E-state index in [1.165, 1.54) is 17.0 Å². The highest BCUT2D eigenvalue weighted by atomic mass is 16.5. The van der Waals surface area contributed by atoms with Gasteiger partial charge in [0.05, 0.1) is 17.7 Å². The zero-order valence-corrected chi connectivity index (χ0v) is 14.7. The summed E-state index contributed by atoms with van der Waals surface area (Å²) in [6.45, 7) is 0.695. The van der Waals surface area contributed by atoms with Gasteiger partial charge < -0.3 is 15.6 Å². The molecule has 140 valence electrons. The van der Waals surface area contributed by atoms with Crippen LogP contribution in [0.4, 0.5) is 5.69 Å². The van der Waals surface area contributed by atoms with Crippen LogP contribution in [-0.2, 0) is 0 Å². The Balaban J connectivity index is 1.44. The number of carboxylic acid groups (broad SMARTS) is 1. The number of carbonyl (C=O) groups is 3. The van der Waals surface area contributed by atoms with Gasteiger partial charge in [0.1, 0.15) is 11.3 Å². The van der Waals surface area contributed by atoms with Crippen molar-refractivity contribution in [3.8, 4) is 5.75 Å². The summed E-state index contributed by atoms with van der Waals surface area (Å²) in [5.74, 6) is -1.32. The molecular weight excluding hydrogens is 348 g/mol. The summed E-state index contributed by atoms with van der Waals surface area (Å²) in [7, 11) is 0. The lowest BCUT2D eigenvalue weighted by atomic mass is 10.1. The lowest BCUT2D eigenvalue weighted by molar-refractivity contribution is 0.0648. The number of nitrogen functional groups attached to an aromatic ring is 1. The molecule has 3 rings (SSSR count). The largest absolute Gasteiger partial charge is 0.493 e. The van der Waals surface area contributed by atoms with Gasteiger partial charge in [0, 0.05) is 12.2 Å². The molecule has 7 nitrogen and oxygen atoms in total. The highest BCUT2D eigenvalue weighted by Crippen LogP contribution is 2.23. The molecule has 1 aliphatic rings. The first-order valence-corrected chi connectivity index (χ1v) is 8.70. The van der Waals surface area contributed by atoms with Crippen LogP contribution in [0.3, 0.4) is 0 Å². The minimum atomic E-state index is -1.09. The van der Waals surface area contributed by atoms with Crippen molar-refractivity contribution in [2.24, 2.45) is 0 Å². The van der Waals surface area contributed by atoms with Gasteiger partial charge in [-0.1, -0.05) is 12.1 Å². The number of hydrogen-bond donors (Lipinski definition) is 2. The number of imide groups is 1. The molecular formula is C20H20N2O5. The van der Waals surface area contributed by atoms with Gasteiger partial charge in [0.15, 0.2) is 0 Å². The first-order valence-electron chi connectivity index (χ1n) is 8.70. The van der Waals surface area contributed by atoms with Crippen LogP contribution in [0, 0.1) is 0 Å². The fraction of sp³-hybridized carbons (Fsp3) is 0.250. The Morgan fingerprint density at radius 1 is 1.00 bits per heavy atom. The van der Waals surface area contributed by atoms with Crippen molar-refractivity contribution in [2.45, 2.75) is 19.3 Å². The number of aromatic carboxylic acids is 1. The lowest BCUT2D eigenvalue weighted by Gasteiger charge is -2.14. The van der Waals surface area contributed by atoms with E-state index < -0.39 is 5.97 Å². The van der Waals surface area contributed by atoms with Crippen molar-refractivity contribution in [1.82, 2.24) is 4.90 Å². The average molecular weight is 368 g/mol. The van der Waals surface area contributed by atoms with E-state index in [1.54, 1.807) is 30.3 Å². The van der Waals surface area contributed by atoms with Crippen LogP contribution < -0.4 is 10.5 Å². The Kier molecular flexibility index (Phi) is 5.40. The second-order valence-electron chi connectivity index (χ2n) is 6.28. The number of amides is 2. The van der Waals surface area contributed by atoms with Gasteiger partial charge in [0.2, 0.25) is 0 Å². The average Bonchev–Trinajstić information content (AvgIpc) is 2.90. The molecule has 2 aromatic carbocycles. The Labute approximate surface area is 156 Å². The van der Waals surface area contributed by atoms with Gasteiger partial charge in [-0.25, -0.2) is 4.79 Å². The molecule has 0 unspecified atom stereocenters. The van der Waals surface area contributed by atoms with Crippen molar-refractivity contribution in [3.05, 3.63) is 59.2 Å². The fourth-order valence-electron chi connectivity index (χ4n) is 3.01. The van der Waals surface area contributed by atoms with Crippen LogP contribution in [0.25, 0.3) is 0 Å². The molecule has 3 N–H and O–H groups in total.